The number of alkyl halides is 3. The van der Waals surface area contributed by atoms with Gasteiger partial charge in [-0.25, -0.2) is 0 Å². The molecule has 112 valence electrons. The Morgan fingerprint density at radius 3 is 1.95 bits per heavy atom. The van der Waals surface area contributed by atoms with E-state index in [-0.39, 0.29) is 3.61 Å². The van der Waals surface area contributed by atoms with Crippen molar-refractivity contribution in [2.45, 2.75) is 3.61 Å². The molecule has 0 radical (unpaired) electrons. The molecule has 3 rings (SSSR count). The molecule has 0 bridgehead atoms. The number of hydrogen-bond donors (Lipinski definition) is 0. The van der Waals surface area contributed by atoms with E-state index in [1.807, 2.05) is 0 Å². The van der Waals surface area contributed by atoms with Crippen molar-refractivity contribution in [3.8, 4) is 0 Å². The zero-order valence-corrected chi connectivity index (χ0v) is 14.8. The number of ether oxygens (including phenoxy) is 1. The van der Waals surface area contributed by atoms with Gasteiger partial charge >= 0.3 is 135 Å². The fourth-order valence-electron chi connectivity index (χ4n) is 2.86. The maximum atomic E-state index is 6.47. The Balaban J connectivity index is 2.11. The van der Waals surface area contributed by atoms with Crippen LogP contribution in [-0.4, -0.2) is 34.6 Å². The van der Waals surface area contributed by atoms with Gasteiger partial charge in [-0.2, -0.15) is 0 Å². The van der Waals surface area contributed by atoms with E-state index in [1.54, 1.807) is 0 Å². The van der Waals surface area contributed by atoms with Crippen LogP contribution in [-0.2, 0) is 8.34 Å². The van der Waals surface area contributed by atoms with Crippen molar-refractivity contribution in [2.24, 2.45) is 0 Å². The summed E-state index contributed by atoms with van der Waals surface area (Å²) in [5.74, 6) is 0. The van der Waals surface area contributed by atoms with Crippen LogP contribution in [0.1, 0.15) is 11.1 Å². The second-order valence-corrected chi connectivity index (χ2v) is 11.4. The van der Waals surface area contributed by atoms with Crippen molar-refractivity contribution in [3.63, 3.8) is 0 Å². The Morgan fingerprint density at radius 1 is 0.952 bits per heavy atom. The summed E-state index contributed by atoms with van der Waals surface area (Å²) in [7, 11) is 4.35. The average Bonchev–Trinajstić information content (AvgIpc) is 2.93. The first-order valence-corrected chi connectivity index (χ1v) is 11.4. The van der Waals surface area contributed by atoms with Gasteiger partial charge in [0, 0.05) is 0 Å². The van der Waals surface area contributed by atoms with Crippen LogP contribution in [0, 0.1) is 0 Å². The predicted molar refractivity (Wildman–Crippen MR) is 97.1 cm³/mol. The van der Waals surface area contributed by atoms with E-state index in [0.29, 0.717) is 0 Å². The average molecular weight is 395 g/mol. The van der Waals surface area contributed by atoms with E-state index in [4.69, 9.17) is 4.74 Å². The normalized spacial score (nSPS) is 19.1. The number of nitrogens with zero attached hydrogens (tertiary/aromatic N) is 1. The monoisotopic (exact) mass is 395 g/mol. The molecule has 3 heteroatoms. The van der Waals surface area contributed by atoms with Gasteiger partial charge in [-0.3, -0.25) is 0 Å². The Labute approximate surface area is 134 Å². The Morgan fingerprint density at radius 2 is 1.48 bits per heavy atom. The molecule has 0 aliphatic carbocycles. The first kappa shape index (κ1) is 15.0. The van der Waals surface area contributed by atoms with Crippen LogP contribution in [0.4, 0.5) is 0 Å². The first-order chi connectivity index (χ1) is 10.2. The van der Waals surface area contributed by atoms with E-state index in [1.165, 1.54) is 20.1 Å². The summed E-state index contributed by atoms with van der Waals surface area (Å²) in [5, 5.41) is 0. The number of benzene rings is 2. The SMILES string of the molecule is CN(C)CI1CCOC1(c1ccccc1)c1ccccc1. The van der Waals surface area contributed by atoms with Gasteiger partial charge in [-0.15, -0.1) is 0 Å². The van der Waals surface area contributed by atoms with Crippen LogP contribution in [0.25, 0.3) is 0 Å². The van der Waals surface area contributed by atoms with Gasteiger partial charge in [0.1, 0.15) is 0 Å². The van der Waals surface area contributed by atoms with Crippen LogP contribution < -0.4 is 0 Å². The molecule has 1 heterocycles. The molecule has 0 N–H and O–H groups in total. The molecule has 0 aromatic heterocycles. The van der Waals surface area contributed by atoms with Gasteiger partial charge in [-0.05, 0) is 0 Å². The molecule has 0 atom stereocenters. The van der Waals surface area contributed by atoms with Gasteiger partial charge in [0.05, 0.1) is 0 Å². The molecule has 0 unspecified atom stereocenters. The number of halogens is 1. The molecule has 0 saturated carbocycles. The summed E-state index contributed by atoms with van der Waals surface area (Å²) in [6.07, 6.45) is 0. The molecular formula is C18H22INO. The first-order valence-electron chi connectivity index (χ1n) is 7.25. The van der Waals surface area contributed by atoms with Crippen molar-refractivity contribution in [3.05, 3.63) is 71.8 Å². The number of rotatable bonds is 4. The Bertz CT molecular complexity index is 531. The Kier molecular flexibility index (Phi) is 4.62. The van der Waals surface area contributed by atoms with Gasteiger partial charge in [0.2, 0.25) is 0 Å². The third kappa shape index (κ3) is 2.87. The van der Waals surface area contributed by atoms with Crippen LogP contribution >= 0.6 is 19.8 Å². The van der Waals surface area contributed by atoms with Gasteiger partial charge in [-0.1, -0.05) is 0 Å². The quantitative estimate of drug-likeness (QED) is 0.442. The molecule has 2 aromatic rings. The van der Waals surface area contributed by atoms with Crippen LogP contribution in [0.3, 0.4) is 0 Å². The van der Waals surface area contributed by atoms with Crippen molar-refractivity contribution in [1.29, 1.82) is 0 Å². The minimum atomic E-state index is -1.35. The fourth-order valence-corrected chi connectivity index (χ4v) is 9.98. The summed E-state index contributed by atoms with van der Waals surface area (Å²) < 4.78 is 8.76. The van der Waals surface area contributed by atoms with Gasteiger partial charge < -0.3 is 0 Å². The van der Waals surface area contributed by atoms with E-state index in [2.05, 4.69) is 79.7 Å². The molecular weight excluding hydrogens is 373 g/mol. The summed E-state index contributed by atoms with van der Waals surface area (Å²) in [6.45, 7) is 0.891. The van der Waals surface area contributed by atoms with Crippen molar-refractivity contribution in [2.75, 3.05) is 29.7 Å². The van der Waals surface area contributed by atoms with Crippen LogP contribution in [0.5, 0.6) is 0 Å². The standard InChI is InChI=1S/C18H22INO/c1-20(2)15-19-13-14-21-18(19,16-9-5-3-6-10-16)17-11-7-4-8-12-17/h3-12H,13-15H2,1-2H3. The van der Waals surface area contributed by atoms with E-state index >= 15 is 0 Å². The van der Waals surface area contributed by atoms with Crippen LogP contribution in [0.2, 0.25) is 0 Å². The Hall–Kier alpha value is -0.910. The van der Waals surface area contributed by atoms with E-state index < -0.39 is 19.8 Å². The zero-order chi connectivity index (χ0) is 14.7. The molecule has 1 fully saturated rings. The van der Waals surface area contributed by atoms with E-state index in [0.717, 1.165) is 6.61 Å². The van der Waals surface area contributed by atoms with Crippen molar-refractivity contribution < 1.29 is 4.74 Å². The molecule has 0 spiro atoms. The van der Waals surface area contributed by atoms with Crippen LogP contribution in [0.15, 0.2) is 60.7 Å². The summed E-state index contributed by atoms with van der Waals surface area (Å²) in [4.78, 5) is 2.33. The summed E-state index contributed by atoms with van der Waals surface area (Å²) in [6, 6.07) is 21.6. The molecule has 21 heavy (non-hydrogen) atoms. The molecule has 1 saturated heterocycles. The molecule has 2 aromatic carbocycles. The second-order valence-electron chi connectivity index (χ2n) is 5.52. The third-order valence-corrected chi connectivity index (χ3v) is 11.3. The third-order valence-electron chi connectivity index (χ3n) is 3.66. The summed E-state index contributed by atoms with van der Waals surface area (Å²) in [5.41, 5.74) is 2.67. The molecule has 0 amide bonds. The van der Waals surface area contributed by atoms with Gasteiger partial charge in [0.15, 0.2) is 0 Å². The molecule has 1 aliphatic heterocycles. The fraction of sp³-hybridized carbons (Fsp3) is 0.333. The second kappa shape index (κ2) is 6.46. The zero-order valence-electron chi connectivity index (χ0n) is 12.6. The maximum absolute atomic E-state index is 6.47. The van der Waals surface area contributed by atoms with Crippen molar-refractivity contribution in [1.82, 2.24) is 4.90 Å². The van der Waals surface area contributed by atoms with E-state index in [9.17, 15) is 0 Å². The minimum absolute atomic E-state index is 0.156. The van der Waals surface area contributed by atoms with Crippen molar-refractivity contribution >= 4 is 19.8 Å². The molecule has 2 nitrogen and oxygen atoms in total. The molecule has 1 aliphatic rings. The number of hydrogen-bond acceptors (Lipinski definition) is 2. The predicted octanol–water partition coefficient (Wildman–Crippen LogP) is 3.94. The van der Waals surface area contributed by atoms with Gasteiger partial charge in [0.25, 0.3) is 0 Å². The summed E-state index contributed by atoms with van der Waals surface area (Å²) >= 11 is -1.35. The topological polar surface area (TPSA) is 12.5 Å².